The number of rotatable bonds is 8. The first-order valence-electron chi connectivity index (χ1n) is 6.56. The summed E-state index contributed by atoms with van der Waals surface area (Å²) in [6, 6.07) is 6.05. The van der Waals surface area contributed by atoms with E-state index >= 15 is 0 Å². The summed E-state index contributed by atoms with van der Waals surface area (Å²) in [6.07, 6.45) is 1.45. The van der Waals surface area contributed by atoms with Crippen molar-refractivity contribution in [2.45, 2.75) is 17.9 Å². The van der Waals surface area contributed by atoms with Gasteiger partial charge in [0, 0.05) is 24.7 Å². The lowest BCUT2D eigenvalue weighted by Gasteiger charge is -2.12. The lowest BCUT2D eigenvalue weighted by atomic mass is 10.2. The summed E-state index contributed by atoms with van der Waals surface area (Å²) in [5, 5.41) is 5.74. The van der Waals surface area contributed by atoms with Crippen LogP contribution in [0.2, 0.25) is 0 Å². The first-order chi connectivity index (χ1) is 9.90. The van der Waals surface area contributed by atoms with E-state index < -0.39 is 10.0 Å². The molecule has 8 heteroatoms. The van der Waals surface area contributed by atoms with Crippen molar-refractivity contribution >= 4 is 28.3 Å². The maximum absolute atomic E-state index is 12.0. The summed E-state index contributed by atoms with van der Waals surface area (Å²) in [7, 11) is -1.83. The Morgan fingerprint density at radius 1 is 1.41 bits per heavy atom. The molecular formula is C14H22ClN3O3S. The molecule has 1 aromatic rings. The fraction of sp³-hybridized carbons (Fsp3) is 0.357. The van der Waals surface area contributed by atoms with Crippen molar-refractivity contribution in [3.63, 3.8) is 0 Å². The van der Waals surface area contributed by atoms with Crippen molar-refractivity contribution in [3.8, 4) is 0 Å². The minimum atomic E-state index is -3.63. The minimum Gasteiger partial charge on any atom is -0.350 e. The molecule has 22 heavy (non-hydrogen) atoms. The summed E-state index contributed by atoms with van der Waals surface area (Å²) in [6.45, 7) is 5.98. The first kappa shape index (κ1) is 20.6. The smallest absolute Gasteiger partial charge is 0.251 e. The molecule has 0 fully saturated rings. The van der Waals surface area contributed by atoms with Crippen molar-refractivity contribution in [1.29, 1.82) is 0 Å². The molecule has 0 aliphatic heterocycles. The van der Waals surface area contributed by atoms with Gasteiger partial charge in [0.25, 0.3) is 5.91 Å². The molecule has 0 spiro atoms. The van der Waals surface area contributed by atoms with Crippen LogP contribution in [0.4, 0.5) is 0 Å². The van der Waals surface area contributed by atoms with Crippen LogP contribution in [0.15, 0.2) is 41.8 Å². The van der Waals surface area contributed by atoms with Crippen LogP contribution in [0.25, 0.3) is 0 Å². The maximum atomic E-state index is 12.0. The third-order valence-electron chi connectivity index (χ3n) is 2.89. The molecule has 0 radical (unpaired) electrons. The summed E-state index contributed by atoms with van der Waals surface area (Å²) >= 11 is 0. The number of amides is 1. The molecule has 0 aromatic heterocycles. The Bertz CT molecular complexity index is 605. The van der Waals surface area contributed by atoms with Crippen LogP contribution in [0.5, 0.6) is 0 Å². The highest BCUT2D eigenvalue weighted by Crippen LogP contribution is 2.11. The molecule has 0 saturated heterocycles. The van der Waals surface area contributed by atoms with E-state index in [4.69, 9.17) is 0 Å². The van der Waals surface area contributed by atoms with Crippen LogP contribution < -0.4 is 15.4 Å². The maximum Gasteiger partial charge on any atom is 0.251 e. The van der Waals surface area contributed by atoms with Gasteiger partial charge < -0.3 is 10.6 Å². The number of carbonyl (C=O) groups excluding carboxylic acids is 1. The van der Waals surface area contributed by atoms with E-state index in [9.17, 15) is 13.2 Å². The topological polar surface area (TPSA) is 87.3 Å². The Kier molecular flexibility index (Phi) is 8.96. The molecule has 0 bridgehead atoms. The van der Waals surface area contributed by atoms with Crippen molar-refractivity contribution in [2.24, 2.45) is 0 Å². The lowest BCUT2D eigenvalue weighted by Crippen LogP contribution is -2.37. The molecule has 124 valence electrons. The molecule has 1 rings (SSSR count). The highest BCUT2D eigenvalue weighted by atomic mass is 35.5. The van der Waals surface area contributed by atoms with E-state index in [0.29, 0.717) is 12.1 Å². The number of likely N-dealkylation sites (N-methyl/N-ethyl adjacent to an activating group) is 1. The quantitative estimate of drug-likeness (QED) is 0.610. The van der Waals surface area contributed by atoms with Gasteiger partial charge in [-0.25, -0.2) is 13.1 Å². The number of benzene rings is 1. The average Bonchev–Trinajstić information content (AvgIpc) is 2.50. The van der Waals surface area contributed by atoms with Crippen LogP contribution in [0.3, 0.4) is 0 Å². The molecule has 1 atom stereocenters. The van der Waals surface area contributed by atoms with Gasteiger partial charge in [-0.2, -0.15) is 0 Å². The molecule has 6 nitrogen and oxygen atoms in total. The van der Waals surface area contributed by atoms with Gasteiger partial charge >= 0.3 is 0 Å². The van der Waals surface area contributed by atoms with Crippen LogP contribution in [0, 0.1) is 0 Å². The summed E-state index contributed by atoms with van der Waals surface area (Å²) < 4.78 is 26.3. The Morgan fingerprint density at radius 2 is 2.09 bits per heavy atom. The standard InChI is InChI=1S/C14H21N3O3S.ClH/c1-4-8-17-21(19,20)13-7-5-6-12(9-13)14(18)16-10-11(2)15-3;/h4-7,9,11,15,17H,1,8,10H2,2-3H3,(H,16,18);1H. The van der Waals surface area contributed by atoms with Gasteiger partial charge in [-0.15, -0.1) is 19.0 Å². The third kappa shape index (κ3) is 6.15. The summed E-state index contributed by atoms with van der Waals surface area (Å²) in [5.74, 6) is -0.308. The van der Waals surface area contributed by atoms with Gasteiger partial charge in [-0.05, 0) is 32.2 Å². The van der Waals surface area contributed by atoms with Gasteiger partial charge in [-0.1, -0.05) is 12.1 Å². The zero-order chi connectivity index (χ0) is 15.9. The second-order valence-electron chi connectivity index (χ2n) is 4.57. The number of carbonyl (C=O) groups is 1. The molecule has 3 N–H and O–H groups in total. The van der Waals surface area contributed by atoms with E-state index in [-0.39, 0.29) is 35.8 Å². The predicted molar refractivity (Wildman–Crippen MR) is 89.9 cm³/mol. The van der Waals surface area contributed by atoms with E-state index in [0.717, 1.165) is 0 Å². The highest BCUT2D eigenvalue weighted by molar-refractivity contribution is 7.89. The summed E-state index contributed by atoms with van der Waals surface area (Å²) in [5.41, 5.74) is 0.305. The number of hydrogen-bond donors (Lipinski definition) is 3. The fourth-order valence-corrected chi connectivity index (χ4v) is 2.55. The number of halogens is 1. The molecule has 0 aliphatic rings. The first-order valence-corrected chi connectivity index (χ1v) is 8.05. The van der Waals surface area contributed by atoms with Crippen LogP contribution in [0.1, 0.15) is 17.3 Å². The highest BCUT2D eigenvalue weighted by Gasteiger charge is 2.15. The third-order valence-corrected chi connectivity index (χ3v) is 4.31. The Balaban J connectivity index is 0.00000441. The SMILES string of the molecule is C=CCNS(=O)(=O)c1cccc(C(=O)NCC(C)NC)c1.Cl. The van der Waals surface area contributed by atoms with E-state index in [1.165, 1.54) is 18.2 Å². The molecule has 1 amide bonds. The Labute approximate surface area is 137 Å². The molecule has 1 aromatic carbocycles. The molecular weight excluding hydrogens is 326 g/mol. The van der Waals surface area contributed by atoms with E-state index in [2.05, 4.69) is 21.9 Å². The zero-order valence-electron chi connectivity index (χ0n) is 12.6. The average molecular weight is 348 g/mol. The molecule has 1 unspecified atom stereocenters. The zero-order valence-corrected chi connectivity index (χ0v) is 14.3. The van der Waals surface area contributed by atoms with Gasteiger partial charge in [0.1, 0.15) is 0 Å². The number of hydrogen-bond acceptors (Lipinski definition) is 4. The van der Waals surface area contributed by atoms with E-state index in [1.54, 1.807) is 19.2 Å². The second-order valence-corrected chi connectivity index (χ2v) is 6.34. The normalized spacial score (nSPS) is 12.1. The van der Waals surface area contributed by atoms with E-state index in [1.807, 2.05) is 6.92 Å². The Hall–Kier alpha value is -1.41. The minimum absolute atomic E-state index is 0. The fourth-order valence-electron chi connectivity index (χ4n) is 1.51. The van der Waals surface area contributed by atoms with Crippen LogP contribution in [-0.2, 0) is 10.0 Å². The Morgan fingerprint density at radius 3 is 2.68 bits per heavy atom. The predicted octanol–water partition coefficient (Wildman–Crippen LogP) is 0.910. The molecule has 0 saturated carbocycles. The largest absolute Gasteiger partial charge is 0.350 e. The second kappa shape index (κ2) is 9.58. The van der Waals surface area contributed by atoms with Gasteiger partial charge in [0.05, 0.1) is 4.90 Å². The van der Waals surface area contributed by atoms with Gasteiger partial charge in [0.15, 0.2) is 0 Å². The van der Waals surface area contributed by atoms with Crippen molar-refractivity contribution in [2.75, 3.05) is 20.1 Å². The van der Waals surface area contributed by atoms with Crippen LogP contribution in [-0.4, -0.2) is 40.5 Å². The molecule has 0 heterocycles. The number of nitrogens with one attached hydrogen (secondary N) is 3. The summed E-state index contributed by atoms with van der Waals surface area (Å²) in [4.78, 5) is 12.0. The van der Waals surface area contributed by atoms with Crippen molar-refractivity contribution in [3.05, 3.63) is 42.5 Å². The van der Waals surface area contributed by atoms with Crippen molar-refractivity contribution in [1.82, 2.24) is 15.4 Å². The van der Waals surface area contributed by atoms with Crippen LogP contribution >= 0.6 is 12.4 Å². The number of sulfonamides is 1. The van der Waals surface area contributed by atoms with Gasteiger partial charge in [-0.3, -0.25) is 4.79 Å². The lowest BCUT2D eigenvalue weighted by molar-refractivity contribution is 0.0950. The van der Waals surface area contributed by atoms with Crippen molar-refractivity contribution < 1.29 is 13.2 Å². The molecule has 0 aliphatic carbocycles. The monoisotopic (exact) mass is 347 g/mol. The van der Waals surface area contributed by atoms with Gasteiger partial charge in [0.2, 0.25) is 10.0 Å².